The van der Waals surface area contributed by atoms with Crippen molar-refractivity contribution in [1.82, 2.24) is 10.2 Å². The third-order valence-electron chi connectivity index (χ3n) is 2.38. The SMILES string of the molecule is CCc1ccc(C(=O)Nc2[nH]ncc2C(N)=S)s1. The van der Waals surface area contributed by atoms with Crippen LogP contribution in [0.2, 0.25) is 0 Å². The molecule has 0 aromatic carbocycles. The second-order valence-corrected chi connectivity index (χ2v) is 5.20. The predicted octanol–water partition coefficient (Wildman–Crippen LogP) is 1.92. The number of carbonyl (C=O) groups is 1. The number of nitrogens with one attached hydrogen (secondary N) is 2. The summed E-state index contributed by atoms with van der Waals surface area (Å²) in [4.78, 5) is 14.0. The monoisotopic (exact) mass is 280 g/mol. The van der Waals surface area contributed by atoms with Gasteiger partial charge in [0.15, 0.2) is 0 Å². The van der Waals surface area contributed by atoms with Crippen molar-refractivity contribution in [3.8, 4) is 0 Å². The lowest BCUT2D eigenvalue weighted by molar-refractivity contribution is 0.103. The molecule has 5 nitrogen and oxygen atoms in total. The Labute approximate surface area is 113 Å². The van der Waals surface area contributed by atoms with Gasteiger partial charge >= 0.3 is 0 Å². The molecule has 0 saturated carbocycles. The second kappa shape index (κ2) is 5.28. The highest BCUT2D eigenvalue weighted by atomic mass is 32.1. The number of hydrogen-bond donors (Lipinski definition) is 3. The average Bonchev–Trinajstić information content (AvgIpc) is 2.96. The molecular formula is C11H12N4OS2. The van der Waals surface area contributed by atoms with Crippen molar-refractivity contribution in [3.05, 3.63) is 33.6 Å². The summed E-state index contributed by atoms with van der Waals surface area (Å²) in [6.07, 6.45) is 2.41. The number of nitrogens with zero attached hydrogens (tertiary/aromatic N) is 1. The van der Waals surface area contributed by atoms with E-state index in [-0.39, 0.29) is 10.9 Å². The minimum Gasteiger partial charge on any atom is -0.389 e. The number of aromatic amines is 1. The third kappa shape index (κ3) is 2.57. The maximum atomic E-state index is 12.0. The fourth-order valence-corrected chi connectivity index (χ4v) is 2.43. The number of rotatable bonds is 4. The average molecular weight is 280 g/mol. The number of amides is 1. The first-order valence-corrected chi connectivity index (χ1v) is 6.57. The van der Waals surface area contributed by atoms with Gasteiger partial charge in [0.1, 0.15) is 10.8 Å². The second-order valence-electron chi connectivity index (χ2n) is 3.60. The van der Waals surface area contributed by atoms with Crippen molar-refractivity contribution in [2.24, 2.45) is 5.73 Å². The van der Waals surface area contributed by atoms with Crippen LogP contribution in [0, 0.1) is 0 Å². The Kier molecular flexibility index (Phi) is 3.73. The number of thiocarbonyl (C=S) groups is 1. The van der Waals surface area contributed by atoms with Crippen LogP contribution in [-0.2, 0) is 6.42 Å². The lowest BCUT2D eigenvalue weighted by Crippen LogP contribution is -2.16. The van der Waals surface area contributed by atoms with E-state index >= 15 is 0 Å². The zero-order valence-electron chi connectivity index (χ0n) is 9.69. The van der Waals surface area contributed by atoms with Crippen LogP contribution in [0.25, 0.3) is 0 Å². The molecule has 2 heterocycles. The fourth-order valence-electron chi connectivity index (χ4n) is 1.43. The Morgan fingerprint density at radius 2 is 2.39 bits per heavy atom. The maximum Gasteiger partial charge on any atom is 0.266 e. The summed E-state index contributed by atoms with van der Waals surface area (Å²) in [6.45, 7) is 2.05. The van der Waals surface area contributed by atoms with Crippen LogP contribution in [0.15, 0.2) is 18.3 Å². The van der Waals surface area contributed by atoms with Crippen molar-refractivity contribution in [2.75, 3.05) is 5.32 Å². The topological polar surface area (TPSA) is 83.8 Å². The highest BCUT2D eigenvalue weighted by Gasteiger charge is 2.13. The molecule has 0 saturated heterocycles. The van der Waals surface area contributed by atoms with Gasteiger partial charge in [-0.05, 0) is 18.6 Å². The summed E-state index contributed by atoms with van der Waals surface area (Å²) in [5.74, 6) is 0.236. The minimum absolute atomic E-state index is 0.193. The van der Waals surface area contributed by atoms with E-state index in [1.807, 2.05) is 13.0 Å². The third-order valence-corrected chi connectivity index (χ3v) is 3.83. The van der Waals surface area contributed by atoms with Gasteiger partial charge in [-0.1, -0.05) is 19.1 Å². The molecule has 0 radical (unpaired) electrons. The molecule has 0 aliphatic carbocycles. The number of aryl methyl sites for hydroxylation is 1. The Morgan fingerprint density at radius 1 is 1.61 bits per heavy atom. The summed E-state index contributed by atoms with van der Waals surface area (Å²) < 4.78 is 0. The number of aromatic nitrogens is 2. The molecule has 0 fully saturated rings. The van der Waals surface area contributed by atoms with Crippen LogP contribution in [-0.4, -0.2) is 21.1 Å². The van der Waals surface area contributed by atoms with Crippen LogP contribution in [0.4, 0.5) is 5.82 Å². The fraction of sp³-hybridized carbons (Fsp3) is 0.182. The number of thiophene rings is 1. The minimum atomic E-state index is -0.193. The molecule has 4 N–H and O–H groups in total. The van der Waals surface area contributed by atoms with Crippen LogP contribution in [0.5, 0.6) is 0 Å². The van der Waals surface area contributed by atoms with E-state index in [2.05, 4.69) is 15.5 Å². The van der Waals surface area contributed by atoms with Crippen LogP contribution in [0.3, 0.4) is 0 Å². The van der Waals surface area contributed by atoms with Crippen molar-refractivity contribution >= 4 is 40.3 Å². The molecule has 2 aromatic rings. The number of hydrogen-bond acceptors (Lipinski definition) is 4. The van der Waals surface area contributed by atoms with Crippen LogP contribution < -0.4 is 11.1 Å². The predicted molar refractivity (Wildman–Crippen MR) is 76.1 cm³/mol. The van der Waals surface area contributed by atoms with Crippen molar-refractivity contribution < 1.29 is 4.79 Å². The zero-order valence-corrected chi connectivity index (χ0v) is 11.3. The van der Waals surface area contributed by atoms with Gasteiger partial charge in [-0.2, -0.15) is 5.10 Å². The Hall–Kier alpha value is -1.73. The van der Waals surface area contributed by atoms with Gasteiger partial charge in [0.05, 0.1) is 16.6 Å². The molecular weight excluding hydrogens is 268 g/mol. The van der Waals surface area contributed by atoms with Crippen LogP contribution in [0.1, 0.15) is 27.0 Å². The molecule has 0 spiro atoms. The summed E-state index contributed by atoms with van der Waals surface area (Å²) in [5, 5.41) is 9.18. The first-order valence-electron chi connectivity index (χ1n) is 5.35. The van der Waals surface area contributed by atoms with E-state index in [1.54, 1.807) is 6.07 Å². The Balaban J connectivity index is 2.16. The highest BCUT2D eigenvalue weighted by Crippen LogP contribution is 2.19. The molecule has 0 bridgehead atoms. The number of anilines is 1. The molecule has 1 amide bonds. The quantitative estimate of drug-likeness (QED) is 0.747. The normalized spacial score (nSPS) is 10.3. The van der Waals surface area contributed by atoms with Gasteiger partial charge in [-0.25, -0.2) is 0 Å². The molecule has 2 aromatic heterocycles. The molecule has 18 heavy (non-hydrogen) atoms. The first-order chi connectivity index (χ1) is 8.61. The van der Waals surface area contributed by atoms with Gasteiger partial charge in [0.25, 0.3) is 5.91 Å². The molecule has 0 unspecified atom stereocenters. The highest BCUT2D eigenvalue weighted by molar-refractivity contribution is 7.80. The molecule has 94 valence electrons. The molecule has 0 aliphatic rings. The van der Waals surface area contributed by atoms with E-state index in [1.165, 1.54) is 22.4 Å². The Morgan fingerprint density at radius 3 is 3.00 bits per heavy atom. The number of carbonyl (C=O) groups excluding carboxylic acids is 1. The van der Waals surface area contributed by atoms with Gasteiger partial charge in [0.2, 0.25) is 0 Å². The van der Waals surface area contributed by atoms with E-state index in [4.69, 9.17) is 18.0 Å². The lowest BCUT2D eigenvalue weighted by atomic mass is 10.3. The number of nitrogens with two attached hydrogens (primary N) is 1. The standard InChI is InChI=1S/C11H12N4OS2/c1-2-6-3-4-8(18-6)11(16)14-10-7(9(12)17)5-13-15-10/h3-5H,2H2,1H3,(H2,12,17)(H2,13,14,15,16). The van der Waals surface area contributed by atoms with Gasteiger partial charge in [0, 0.05) is 4.88 Å². The smallest absolute Gasteiger partial charge is 0.266 e. The summed E-state index contributed by atoms with van der Waals surface area (Å²) in [5.41, 5.74) is 6.05. The first kappa shape index (κ1) is 12.7. The van der Waals surface area contributed by atoms with E-state index in [0.29, 0.717) is 16.3 Å². The maximum absolute atomic E-state index is 12.0. The van der Waals surface area contributed by atoms with Gasteiger partial charge in [-0.15, -0.1) is 11.3 Å². The zero-order chi connectivity index (χ0) is 13.1. The molecule has 7 heteroatoms. The Bertz CT molecular complexity index is 587. The summed E-state index contributed by atoms with van der Waals surface area (Å²) in [6, 6.07) is 3.75. The van der Waals surface area contributed by atoms with E-state index in [0.717, 1.165) is 6.42 Å². The molecule has 0 aliphatic heterocycles. The molecule has 0 atom stereocenters. The van der Waals surface area contributed by atoms with Gasteiger partial charge < -0.3 is 11.1 Å². The summed E-state index contributed by atoms with van der Waals surface area (Å²) in [7, 11) is 0. The lowest BCUT2D eigenvalue weighted by Gasteiger charge is -2.02. The van der Waals surface area contributed by atoms with Crippen LogP contribution >= 0.6 is 23.6 Å². The van der Waals surface area contributed by atoms with Crippen molar-refractivity contribution in [3.63, 3.8) is 0 Å². The van der Waals surface area contributed by atoms with E-state index in [9.17, 15) is 4.79 Å². The van der Waals surface area contributed by atoms with E-state index < -0.39 is 0 Å². The van der Waals surface area contributed by atoms with Crippen molar-refractivity contribution in [2.45, 2.75) is 13.3 Å². The van der Waals surface area contributed by atoms with Gasteiger partial charge in [-0.3, -0.25) is 9.89 Å². The summed E-state index contributed by atoms with van der Waals surface area (Å²) >= 11 is 6.33. The van der Waals surface area contributed by atoms with Crippen molar-refractivity contribution in [1.29, 1.82) is 0 Å². The molecule has 2 rings (SSSR count). The number of H-pyrrole nitrogens is 1. The largest absolute Gasteiger partial charge is 0.389 e.